The molecule has 0 heterocycles. The number of benzene rings is 1. The van der Waals surface area contributed by atoms with Gasteiger partial charge in [-0.25, -0.2) is 4.39 Å². The van der Waals surface area contributed by atoms with E-state index in [0.717, 1.165) is 12.1 Å². The Morgan fingerprint density at radius 1 is 1.27 bits per heavy atom. The van der Waals surface area contributed by atoms with E-state index in [0.29, 0.717) is 12.1 Å². The molecule has 0 bridgehead atoms. The second-order valence-electron chi connectivity index (χ2n) is 2.82. The maximum Gasteiger partial charge on any atom is 0.416 e. The molecule has 1 N–H and O–H groups in total. The van der Waals surface area contributed by atoms with Gasteiger partial charge >= 0.3 is 6.18 Å². The first-order valence-electron chi connectivity index (χ1n) is 4.09. The molecule has 0 radical (unpaired) electrons. The number of alkyl halides is 3. The Bertz CT molecular complexity index is 368. The summed E-state index contributed by atoms with van der Waals surface area (Å²) >= 11 is 0. The van der Waals surface area contributed by atoms with Crippen molar-refractivity contribution in [3.8, 4) is 0 Å². The minimum absolute atomic E-state index is 0.195. The van der Waals surface area contributed by atoms with Gasteiger partial charge in [0.1, 0.15) is 5.82 Å². The number of hydrogen-bond acceptors (Lipinski definition) is 1. The molecule has 0 saturated heterocycles. The van der Waals surface area contributed by atoms with Crippen LogP contribution in [-0.4, -0.2) is 11.7 Å². The molecule has 82 valence electrons. The van der Waals surface area contributed by atoms with Gasteiger partial charge in [-0.1, -0.05) is 12.2 Å². The standard InChI is InChI=1S/C10H8F4O/c11-9-4-3-8(10(12,13)14)6-7(9)2-1-5-15/h1-4,6,15H,5H2. The van der Waals surface area contributed by atoms with E-state index >= 15 is 0 Å². The topological polar surface area (TPSA) is 20.2 Å². The van der Waals surface area contributed by atoms with Crippen LogP contribution < -0.4 is 0 Å². The van der Waals surface area contributed by atoms with Crippen LogP contribution in [0.15, 0.2) is 24.3 Å². The van der Waals surface area contributed by atoms with Crippen LogP contribution in [0.25, 0.3) is 6.08 Å². The second kappa shape index (κ2) is 4.44. The zero-order valence-electron chi connectivity index (χ0n) is 7.55. The van der Waals surface area contributed by atoms with Crippen molar-refractivity contribution in [2.45, 2.75) is 6.18 Å². The summed E-state index contributed by atoms with van der Waals surface area (Å²) in [5, 5.41) is 8.42. The molecule has 0 aliphatic rings. The van der Waals surface area contributed by atoms with Crippen molar-refractivity contribution in [2.24, 2.45) is 0 Å². The molecule has 0 aliphatic heterocycles. The lowest BCUT2D eigenvalue weighted by atomic mass is 10.1. The Hall–Kier alpha value is -1.36. The molecule has 0 amide bonds. The Morgan fingerprint density at radius 2 is 1.93 bits per heavy atom. The van der Waals surface area contributed by atoms with Crippen LogP contribution >= 0.6 is 0 Å². The van der Waals surface area contributed by atoms with Crippen LogP contribution in [0.5, 0.6) is 0 Å². The van der Waals surface area contributed by atoms with Crippen molar-refractivity contribution in [1.82, 2.24) is 0 Å². The Balaban J connectivity index is 3.11. The molecule has 0 fully saturated rings. The third-order valence-electron chi connectivity index (χ3n) is 1.73. The van der Waals surface area contributed by atoms with Crippen molar-refractivity contribution >= 4 is 6.08 Å². The smallest absolute Gasteiger partial charge is 0.392 e. The van der Waals surface area contributed by atoms with Gasteiger partial charge in [0.2, 0.25) is 0 Å². The summed E-state index contributed by atoms with van der Waals surface area (Å²) < 4.78 is 49.7. The molecule has 1 rings (SSSR count). The molecule has 1 aromatic rings. The largest absolute Gasteiger partial charge is 0.416 e. The third kappa shape index (κ3) is 3.06. The van der Waals surface area contributed by atoms with Gasteiger partial charge < -0.3 is 5.11 Å². The molecule has 15 heavy (non-hydrogen) atoms. The maximum atomic E-state index is 13.0. The first-order valence-corrected chi connectivity index (χ1v) is 4.09. The highest BCUT2D eigenvalue weighted by atomic mass is 19.4. The highest BCUT2D eigenvalue weighted by molar-refractivity contribution is 5.51. The highest BCUT2D eigenvalue weighted by Crippen LogP contribution is 2.30. The summed E-state index contributed by atoms with van der Waals surface area (Å²) in [5.41, 5.74) is -1.11. The lowest BCUT2D eigenvalue weighted by Crippen LogP contribution is -2.05. The molecule has 1 nitrogen and oxygen atoms in total. The predicted octanol–water partition coefficient (Wildman–Crippen LogP) is 2.85. The Morgan fingerprint density at radius 3 is 2.47 bits per heavy atom. The molecule has 0 aliphatic carbocycles. The van der Waals surface area contributed by atoms with Crippen LogP contribution in [0.3, 0.4) is 0 Å². The molecule has 1 aromatic carbocycles. The average Bonchev–Trinajstić information content (AvgIpc) is 2.15. The van der Waals surface area contributed by atoms with E-state index in [2.05, 4.69) is 0 Å². The van der Waals surface area contributed by atoms with Crippen LogP contribution in [0, 0.1) is 5.82 Å². The first-order chi connectivity index (χ1) is 6.95. The molecule has 0 saturated carbocycles. The zero-order chi connectivity index (χ0) is 11.5. The van der Waals surface area contributed by atoms with Crippen molar-refractivity contribution in [3.05, 3.63) is 41.2 Å². The van der Waals surface area contributed by atoms with Gasteiger partial charge in [0.05, 0.1) is 12.2 Å². The fraction of sp³-hybridized carbons (Fsp3) is 0.200. The van der Waals surface area contributed by atoms with E-state index in [1.807, 2.05) is 0 Å². The van der Waals surface area contributed by atoms with Gasteiger partial charge in [-0.15, -0.1) is 0 Å². The van der Waals surface area contributed by atoms with Crippen molar-refractivity contribution in [3.63, 3.8) is 0 Å². The molecule has 0 unspecified atom stereocenters. The van der Waals surface area contributed by atoms with Gasteiger partial charge in [0.15, 0.2) is 0 Å². The van der Waals surface area contributed by atoms with Crippen LogP contribution in [0.1, 0.15) is 11.1 Å². The number of halogens is 4. The van der Waals surface area contributed by atoms with Gasteiger partial charge in [0, 0.05) is 5.56 Å². The van der Waals surface area contributed by atoms with E-state index in [4.69, 9.17) is 5.11 Å². The lowest BCUT2D eigenvalue weighted by Gasteiger charge is -2.07. The molecule has 5 heteroatoms. The summed E-state index contributed by atoms with van der Waals surface area (Å²) in [6.07, 6.45) is -2.22. The summed E-state index contributed by atoms with van der Waals surface area (Å²) in [7, 11) is 0. The number of aliphatic hydroxyl groups excluding tert-OH is 1. The van der Waals surface area contributed by atoms with Crippen LogP contribution in [0.2, 0.25) is 0 Å². The van der Waals surface area contributed by atoms with Crippen molar-refractivity contribution in [1.29, 1.82) is 0 Å². The first kappa shape index (κ1) is 11.7. The predicted molar refractivity (Wildman–Crippen MR) is 47.5 cm³/mol. The molecular formula is C10H8F4O. The normalized spacial score (nSPS) is 12.3. The van der Waals surface area contributed by atoms with Gasteiger partial charge in [-0.3, -0.25) is 0 Å². The number of aliphatic hydroxyl groups is 1. The number of hydrogen-bond donors (Lipinski definition) is 1. The van der Waals surface area contributed by atoms with Gasteiger partial charge in [-0.2, -0.15) is 13.2 Å². The summed E-state index contributed by atoms with van der Waals surface area (Å²) in [6, 6.07) is 2.12. The summed E-state index contributed by atoms with van der Waals surface area (Å²) in [6.45, 7) is -0.352. The van der Waals surface area contributed by atoms with Crippen molar-refractivity contribution < 1.29 is 22.7 Å². The molecule has 0 aromatic heterocycles. The fourth-order valence-corrected chi connectivity index (χ4v) is 1.03. The van der Waals surface area contributed by atoms with Gasteiger partial charge in [-0.05, 0) is 18.2 Å². The van der Waals surface area contributed by atoms with Crippen molar-refractivity contribution in [2.75, 3.05) is 6.61 Å². The van der Waals surface area contributed by atoms with Crippen LogP contribution in [-0.2, 0) is 6.18 Å². The SMILES string of the molecule is OCC=Cc1cc(C(F)(F)F)ccc1F. The molecule has 0 atom stereocenters. The lowest BCUT2D eigenvalue weighted by molar-refractivity contribution is -0.137. The Labute approximate surface area is 83.7 Å². The van der Waals surface area contributed by atoms with E-state index < -0.39 is 17.6 Å². The van der Waals surface area contributed by atoms with E-state index in [-0.39, 0.29) is 12.2 Å². The zero-order valence-corrected chi connectivity index (χ0v) is 7.55. The Kier molecular flexibility index (Phi) is 3.47. The molecular weight excluding hydrogens is 212 g/mol. The average molecular weight is 220 g/mol. The second-order valence-corrected chi connectivity index (χ2v) is 2.82. The van der Waals surface area contributed by atoms with Crippen LogP contribution in [0.4, 0.5) is 17.6 Å². The van der Waals surface area contributed by atoms with Gasteiger partial charge in [0.25, 0.3) is 0 Å². The monoisotopic (exact) mass is 220 g/mol. The quantitative estimate of drug-likeness (QED) is 0.760. The van der Waals surface area contributed by atoms with E-state index in [1.54, 1.807) is 0 Å². The summed E-state index contributed by atoms with van der Waals surface area (Å²) in [5.74, 6) is -0.757. The van der Waals surface area contributed by atoms with E-state index in [9.17, 15) is 17.6 Å². The third-order valence-corrected chi connectivity index (χ3v) is 1.73. The summed E-state index contributed by atoms with van der Waals surface area (Å²) in [4.78, 5) is 0. The number of rotatable bonds is 2. The highest BCUT2D eigenvalue weighted by Gasteiger charge is 2.30. The minimum Gasteiger partial charge on any atom is -0.392 e. The molecule has 0 spiro atoms. The van der Waals surface area contributed by atoms with E-state index in [1.165, 1.54) is 6.08 Å². The fourth-order valence-electron chi connectivity index (χ4n) is 1.03. The minimum atomic E-state index is -4.49. The maximum absolute atomic E-state index is 13.0.